The maximum Gasteiger partial charge on any atom is 0.258 e. The summed E-state index contributed by atoms with van der Waals surface area (Å²) in [6.07, 6.45) is 3.37. The molecule has 1 fully saturated rings. The normalized spacial score (nSPS) is 13.6. The van der Waals surface area contributed by atoms with E-state index in [-0.39, 0.29) is 5.91 Å². The fourth-order valence-corrected chi connectivity index (χ4v) is 3.47. The predicted molar refractivity (Wildman–Crippen MR) is 97.8 cm³/mol. The number of aryl methyl sites for hydroxylation is 1. The van der Waals surface area contributed by atoms with Crippen molar-refractivity contribution < 1.29 is 14.3 Å². The Morgan fingerprint density at radius 2 is 1.84 bits per heavy atom. The van der Waals surface area contributed by atoms with Gasteiger partial charge >= 0.3 is 0 Å². The van der Waals surface area contributed by atoms with Crippen molar-refractivity contribution in [2.75, 3.05) is 20.8 Å². The second-order valence-corrected chi connectivity index (χ2v) is 6.54. The van der Waals surface area contributed by atoms with Gasteiger partial charge in [0.2, 0.25) is 0 Å². The lowest BCUT2D eigenvalue weighted by atomic mass is 10.1. The van der Waals surface area contributed by atoms with Crippen molar-refractivity contribution in [2.45, 2.75) is 39.2 Å². The van der Waals surface area contributed by atoms with E-state index >= 15 is 0 Å². The number of nitrogens with one attached hydrogen (secondary N) is 1. The first-order valence-electron chi connectivity index (χ1n) is 8.73. The Morgan fingerprint density at radius 1 is 1.20 bits per heavy atom. The average Bonchev–Trinajstić information content (AvgIpc) is 3.40. The molecule has 1 heterocycles. The van der Waals surface area contributed by atoms with Gasteiger partial charge < -0.3 is 19.4 Å². The molecule has 0 aliphatic heterocycles. The van der Waals surface area contributed by atoms with E-state index in [1.165, 1.54) is 29.8 Å². The van der Waals surface area contributed by atoms with Crippen molar-refractivity contribution in [2.24, 2.45) is 0 Å². The van der Waals surface area contributed by atoms with Crippen molar-refractivity contribution in [3.05, 3.63) is 46.8 Å². The number of hydrogen-bond donors (Lipinski definition) is 1. The Labute approximate surface area is 148 Å². The Balaban J connectivity index is 1.67. The SMILES string of the molecule is COc1cccc(OC)c1C(=O)NCCc1cc(C)n(C2CC2)c1C. The molecule has 1 N–H and O–H groups in total. The molecule has 1 aromatic carbocycles. The summed E-state index contributed by atoms with van der Waals surface area (Å²) < 4.78 is 13.0. The van der Waals surface area contributed by atoms with Crippen LogP contribution in [0.3, 0.4) is 0 Å². The summed E-state index contributed by atoms with van der Waals surface area (Å²) in [6.45, 7) is 4.91. The summed E-state index contributed by atoms with van der Waals surface area (Å²) in [5.74, 6) is 0.859. The first-order valence-corrected chi connectivity index (χ1v) is 8.73. The number of carbonyl (C=O) groups excluding carboxylic acids is 1. The van der Waals surface area contributed by atoms with Gasteiger partial charge in [-0.1, -0.05) is 6.07 Å². The van der Waals surface area contributed by atoms with Gasteiger partial charge in [-0.25, -0.2) is 0 Å². The fourth-order valence-electron chi connectivity index (χ4n) is 3.47. The van der Waals surface area contributed by atoms with E-state index in [1.807, 2.05) is 0 Å². The predicted octanol–water partition coefficient (Wildman–Crippen LogP) is 3.43. The molecule has 2 aromatic rings. The molecular formula is C20H26N2O3. The molecule has 0 bridgehead atoms. The Hall–Kier alpha value is -2.43. The van der Waals surface area contributed by atoms with Gasteiger partial charge in [0.1, 0.15) is 17.1 Å². The number of aromatic nitrogens is 1. The molecule has 1 saturated carbocycles. The van der Waals surface area contributed by atoms with Crippen LogP contribution in [-0.2, 0) is 6.42 Å². The Kier molecular flexibility index (Phi) is 5.02. The van der Waals surface area contributed by atoms with Gasteiger partial charge in [0.25, 0.3) is 5.91 Å². The summed E-state index contributed by atoms with van der Waals surface area (Å²) >= 11 is 0. The van der Waals surface area contributed by atoms with Crippen molar-refractivity contribution in [1.29, 1.82) is 0 Å². The smallest absolute Gasteiger partial charge is 0.258 e. The number of ether oxygens (including phenoxy) is 2. The van der Waals surface area contributed by atoms with E-state index in [9.17, 15) is 4.79 Å². The van der Waals surface area contributed by atoms with E-state index in [2.05, 4.69) is 29.8 Å². The van der Waals surface area contributed by atoms with Gasteiger partial charge in [0.05, 0.1) is 14.2 Å². The van der Waals surface area contributed by atoms with Gasteiger partial charge in [0, 0.05) is 24.0 Å². The second kappa shape index (κ2) is 7.21. The molecule has 0 saturated heterocycles. The molecule has 1 amide bonds. The van der Waals surface area contributed by atoms with Crippen molar-refractivity contribution >= 4 is 5.91 Å². The summed E-state index contributed by atoms with van der Waals surface area (Å²) in [5.41, 5.74) is 4.38. The summed E-state index contributed by atoms with van der Waals surface area (Å²) in [6, 6.07) is 8.26. The van der Waals surface area contributed by atoms with Crippen LogP contribution in [0, 0.1) is 13.8 Å². The highest BCUT2D eigenvalue weighted by molar-refractivity contribution is 5.99. The summed E-state index contributed by atoms with van der Waals surface area (Å²) in [5, 5.41) is 2.99. The minimum absolute atomic E-state index is 0.176. The van der Waals surface area contributed by atoms with Crippen molar-refractivity contribution in [3.63, 3.8) is 0 Å². The molecule has 25 heavy (non-hydrogen) atoms. The molecule has 0 unspecified atom stereocenters. The molecule has 1 aliphatic carbocycles. The molecule has 0 radical (unpaired) electrons. The van der Waals surface area contributed by atoms with Crippen LogP contribution >= 0.6 is 0 Å². The maximum atomic E-state index is 12.6. The van der Waals surface area contributed by atoms with Gasteiger partial charge in [-0.3, -0.25) is 4.79 Å². The monoisotopic (exact) mass is 342 g/mol. The topological polar surface area (TPSA) is 52.5 Å². The van der Waals surface area contributed by atoms with E-state index < -0.39 is 0 Å². The largest absolute Gasteiger partial charge is 0.496 e. The number of carbonyl (C=O) groups is 1. The van der Waals surface area contributed by atoms with E-state index in [0.717, 1.165) is 6.42 Å². The maximum absolute atomic E-state index is 12.6. The number of hydrogen-bond acceptors (Lipinski definition) is 3. The van der Waals surface area contributed by atoms with E-state index in [1.54, 1.807) is 32.4 Å². The highest BCUT2D eigenvalue weighted by Gasteiger charge is 2.26. The number of methoxy groups -OCH3 is 2. The number of rotatable bonds is 7. The lowest BCUT2D eigenvalue weighted by Crippen LogP contribution is -2.26. The Bertz CT molecular complexity index is 753. The minimum atomic E-state index is -0.176. The highest BCUT2D eigenvalue weighted by Crippen LogP contribution is 2.38. The van der Waals surface area contributed by atoms with Crippen LogP contribution in [0.5, 0.6) is 11.5 Å². The molecule has 0 spiro atoms. The van der Waals surface area contributed by atoms with E-state index in [0.29, 0.717) is 29.6 Å². The third-order valence-corrected chi connectivity index (χ3v) is 4.84. The summed E-state index contributed by atoms with van der Waals surface area (Å²) in [7, 11) is 3.11. The molecule has 0 atom stereocenters. The van der Waals surface area contributed by atoms with Crippen LogP contribution in [-0.4, -0.2) is 31.2 Å². The van der Waals surface area contributed by atoms with Gasteiger partial charge in [-0.2, -0.15) is 0 Å². The molecule has 134 valence electrons. The van der Waals surface area contributed by atoms with E-state index in [4.69, 9.17) is 9.47 Å². The lowest BCUT2D eigenvalue weighted by molar-refractivity contribution is 0.0948. The van der Waals surface area contributed by atoms with Gasteiger partial charge in [0.15, 0.2) is 0 Å². The standard InChI is InChI=1S/C20H26N2O3/c1-13-12-15(14(2)22(13)16-8-9-16)10-11-21-20(23)19-17(24-3)6-5-7-18(19)25-4/h5-7,12,16H,8-11H2,1-4H3,(H,21,23). The molecule has 1 aromatic heterocycles. The molecular weight excluding hydrogens is 316 g/mol. The first-order chi connectivity index (χ1) is 12.1. The average molecular weight is 342 g/mol. The van der Waals surface area contributed by atoms with Crippen LogP contribution < -0.4 is 14.8 Å². The highest BCUT2D eigenvalue weighted by atomic mass is 16.5. The molecule has 5 nitrogen and oxygen atoms in total. The van der Waals surface area contributed by atoms with Crippen LogP contribution in [0.2, 0.25) is 0 Å². The molecule has 3 rings (SSSR count). The Morgan fingerprint density at radius 3 is 2.40 bits per heavy atom. The minimum Gasteiger partial charge on any atom is -0.496 e. The lowest BCUT2D eigenvalue weighted by Gasteiger charge is -2.13. The first kappa shape index (κ1) is 17.4. The zero-order chi connectivity index (χ0) is 18.0. The number of nitrogens with zero attached hydrogens (tertiary/aromatic N) is 1. The zero-order valence-electron chi connectivity index (χ0n) is 15.4. The van der Waals surface area contributed by atoms with Crippen LogP contribution in [0.1, 0.15) is 46.2 Å². The second-order valence-electron chi connectivity index (χ2n) is 6.54. The number of benzene rings is 1. The van der Waals surface area contributed by atoms with Crippen LogP contribution in [0.25, 0.3) is 0 Å². The van der Waals surface area contributed by atoms with Crippen LogP contribution in [0.4, 0.5) is 0 Å². The fraction of sp³-hybridized carbons (Fsp3) is 0.450. The van der Waals surface area contributed by atoms with Gasteiger partial charge in [-0.05, 0) is 56.9 Å². The van der Waals surface area contributed by atoms with Crippen LogP contribution in [0.15, 0.2) is 24.3 Å². The quantitative estimate of drug-likeness (QED) is 0.839. The van der Waals surface area contributed by atoms with Crippen molar-refractivity contribution in [1.82, 2.24) is 9.88 Å². The molecule has 1 aliphatic rings. The third-order valence-electron chi connectivity index (χ3n) is 4.84. The third kappa shape index (κ3) is 3.50. The van der Waals surface area contributed by atoms with Gasteiger partial charge in [-0.15, -0.1) is 0 Å². The van der Waals surface area contributed by atoms with Crippen molar-refractivity contribution in [3.8, 4) is 11.5 Å². The zero-order valence-corrected chi connectivity index (χ0v) is 15.4. The number of amides is 1. The molecule has 5 heteroatoms. The summed E-state index contributed by atoms with van der Waals surface area (Å²) in [4.78, 5) is 12.6.